The molecule has 0 atom stereocenters. The van der Waals surface area contributed by atoms with Crippen LogP contribution in [0, 0.1) is 6.92 Å². The molecule has 0 aliphatic carbocycles. The van der Waals surface area contributed by atoms with Gasteiger partial charge in [0.2, 0.25) is 5.16 Å². The highest BCUT2D eigenvalue weighted by Crippen LogP contribution is 2.27. The molecule has 1 amide bonds. The minimum Gasteiger partial charge on any atom is -0.496 e. The van der Waals surface area contributed by atoms with Gasteiger partial charge in [-0.3, -0.25) is 15.5 Å². The van der Waals surface area contributed by atoms with Gasteiger partial charge in [0.05, 0.1) is 14.2 Å². The molecule has 0 saturated heterocycles. The van der Waals surface area contributed by atoms with E-state index in [9.17, 15) is 4.79 Å². The molecule has 1 aromatic heterocycles. The lowest BCUT2D eigenvalue weighted by atomic mass is 10.1. The molecule has 0 saturated carbocycles. The van der Waals surface area contributed by atoms with Gasteiger partial charge in [-0.25, -0.2) is 4.68 Å². The number of aromatic nitrogens is 3. The fourth-order valence-electron chi connectivity index (χ4n) is 1.97. The van der Waals surface area contributed by atoms with Gasteiger partial charge in [-0.05, 0) is 37.5 Å². The predicted octanol–water partition coefficient (Wildman–Crippen LogP) is 1.58. The number of thioether (sulfide) groups is 1. The number of hydrogen-bond donors (Lipinski definition) is 2. The summed E-state index contributed by atoms with van der Waals surface area (Å²) in [6.45, 7) is 1.77. The topological polar surface area (TPSA) is 90.3 Å². The number of carbonyl (C=O) groups excluding carboxylic acids is 1. The summed E-state index contributed by atoms with van der Waals surface area (Å²) >= 11 is 6.59. The smallest absolute Gasteiger partial charge is 0.265 e. The molecule has 1 heterocycles. The van der Waals surface area contributed by atoms with Crippen molar-refractivity contribution in [1.82, 2.24) is 20.2 Å². The van der Waals surface area contributed by atoms with Gasteiger partial charge in [0.15, 0.2) is 5.11 Å². The Labute approximate surface area is 148 Å². The molecule has 0 bridgehead atoms. The van der Waals surface area contributed by atoms with Crippen LogP contribution >= 0.6 is 24.0 Å². The average molecular weight is 367 g/mol. The van der Waals surface area contributed by atoms with Crippen molar-refractivity contribution in [3.05, 3.63) is 29.6 Å². The number of nitrogens with zero attached hydrogens (tertiary/aromatic N) is 3. The molecule has 0 fully saturated rings. The Balaban J connectivity index is 2.18. The second-order valence-electron chi connectivity index (χ2n) is 4.50. The summed E-state index contributed by atoms with van der Waals surface area (Å²) in [7, 11) is 2.96. The Morgan fingerprint density at radius 2 is 1.88 bits per heavy atom. The molecule has 0 aliphatic rings. The van der Waals surface area contributed by atoms with E-state index in [4.69, 9.17) is 21.7 Å². The Morgan fingerprint density at radius 3 is 2.42 bits per heavy atom. The molecule has 10 heteroatoms. The van der Waals surface area contributed by atoms with E-state index >= 15 is 0 Å². The van der Waals surface area contributed by atoms with Crippen molar-refractivity contribution in [2.75, 3.05) is 25.9 Å². The number of nitrogens with one attached hydrogen (secondary N) is 2. The average Bonchev–Trinajstić information content (AvgIpc) is 2.93. The summed E-state index contributed by atoms with van der Waals surface area (Å²) in [5.74, 6) is 0.948. The summed E-state index contributed by atoms with van der Waals surface area (Å²) in [4.78, 5) is 12.5. The number of carbonyl (C=O) groups is 1. The molecule has 2 N–H and O–H groups in total. The van der Waals surface area contributed by atoms with Gasteiger partial charge in [-0.15, -0.1) is 10.2 Å². The van der Waals surface area contributed by atoms with Gasteiger partial charge in [0.1, 0.15) is 22.9 Å². The van der Waals surface area contributed by atoms with E-state index in [1.54, 1.807) is 29.8 Å². The molecule has 1 aromatic carbocycles. The number of hydrogen-bond acceptors (Lipinski definition) is 7. The second kappa shape index (κ2) is 7.97. The zero-order valence-corrected chi connectivity index (χ0v) is 15.2. The number of aryl methyl sites for hydroxylation is 1. The summed E-state index contributed by atoms with van der Waals surface area (Å²) in [5.41, 5.74) is 3.14. The van der Waals surface area contributed by atoms with Gasteiger partial charge in [-0.1, -0.05) is 17.8 Å². The first-order valence-corrected chi connectivity index (χ1v) is 8.44. The van der Waals surface area contributed by atoms with Gasteiger partial charge in [-0.2, -0.15) is 0 Å². The highest BCUT2D eigenvalue weighted by Gasteiger charge is 2.19. The lowest BCUT2D eigenvalue weighted by molar-refractivity contribution is 0.0971. The minimum atomic E-state index is -0.446. The van der Waals surface area contributed by atoms with E-state index in [1.807, 2.05) is 6.26 Å². The van der Waals surface area contributed by atoms with Crippen molar-refractivity contribution < 1.29 is 14.3 Å². The van der Waals surface area contributed by atoms with Crippen molar-refractivity contribution in [3.8, 4) is 11.5 Å². The van der Waals surface area contributed by atoms with Crippen LogP contribution < -0.4 is 20.2 Å². The second-order valence-corrected chi connectivity index (χ2v) is 5.68. The van der Waals surface area contributed by atoms with Gasteiger partial charge < -0.3 is 9.47 Å². The fourth-order valence-corrected chi connectivity index (χ4v) is 2.64. The van der Waals surface area contributed by atoms with Crippen molar-refractivity contribution in [2.45, 2.75) is 12.1 Å². The zero-order chi connectivity index (χ0) is 17.7. The molecule has 0 unspecified atom stereocenters. The van der Waals surface area contributed by atoms with Crippen LogP contribution in [0.25, 0.3) is 0 Å². The number of methoxy groups -OCH3 is 2. The van der Waals surface area contributed by atoms with E-state index in [1.165, 1.54) is 26.0 Å². The minimum absolute atomic E-state index is 0.103. The van der Waals surface area contributed by atoms with Crippen molar-refractivity contribution in [1.29, 1.82) is 0 Å². The Bertz CT molecular complexity index is 741. The third kappa shape index (κ3) is 3.77. The van der Waals surface area contributed by atoms with Gasteiger partial charge in [0, 0.05) is 0 Å². The zero-order valence-electron chi connectivity index (χ0n) is 13.6. The first kappa shape index (κ1) is 18.0. The largest absolute Gasteiger partial charge is 0.496 e. The quantitative estimate of drug-likeness (QED) is 0.608. The molecule has 0 spiro atoms. The number of thiocarbonyl (C=S) groups is 1. The van der Waals surface area contributed by atoms with Gasteiger partial charge >= 0.3 is 0 Å². The molecule has 2 rings (SSSR count). The first-order valence-electron chi connectivity index (χ1n) is 6.81. The molecule has 2 aromatic rings. The third-order valence-corrected chi connectivity index (χ3v) is 3.90. The van der Waals surface area contributed by atoms with Crippen LogP contribution in [0.3, 0.4) is 0 Å². The number of amides is 1. The molecule has 8 nitrogen and oxygen atoms in total. The maximum Gasteiger partial charge on any atom is 0.265 e. The Morgan fingerprint density at radius 1 is 1.25 bits per heavy atom. The van der Waals surface area contributed by atoms with E-state index in [-0.39, 0.29) is 10.7 Å². The van der Waals surface area contributed by atoms with E-state index in [2.05, 4.69) is 20.9 Å². The standard InChI is InChI=1S/C14H17N5O3S2/c1-8-16-17-14(24-4)19(8)18-13(23)15-12(20)11-9(21-2)6-5-7-10(11)22-3/h5-7H,1-4H3,(H2,15,18,20,23). The third-order valence-electron chi connectivity index (χ3n) is 3.07. The molecule has 0 radical (unpaired) electrons. The summed E-state index contributed by atoms with van der Waals surface area (Å²) in [6, 6.07) is 5.07. The summed E-state index contributed by atoms with van der Waals surface area (Å²) < 4.78 is 12.0. The van der Waals surface area contributed by atoms with E-state index in [0.29, 0.717) is 22.5 Å². The van der Waals surface area contributed by atoms with Crippen LogP contribution in [-0.4, -0.2) is 46.4 Å². The maximum absolute atomic E-state index is 12.5. The summed E-state index contributed by atoms with van der Waals surface area (Å²) in [5, 5.41) is 11.3. The first-order chi connectivity index (χ1) is 11.5. The van der Waals surface area contributed by atoms with E-state index < -0.39 is 5.91 Å². The number of rotatable bonds is 5. The maximum atomic E-state index is 12.5. The normalized spacial score (nSPS) is 10.2. The van der Waals surface area contributed by atoms with E-state index in [0.717, 1.165) is 0 Å². The Hall–Kier alpha value is -2.33. The monoisotopic (exact) mass is 367 g/mol. The molecule has 128 valence electrons. The number of benzene rings is 1. The molecular weight excluding hydrogens is 350 g/mol. The van der Waals surface area contributed by atoms with Crippen molar-refractivity contribution in [2.24, 2.45) is 0 Å². The van der Waals surface area contributed by atoms with Crippen LogP contribution in [0.2, 0.25) is 0 Å². The SMILES string of the molecule is COc1cccc(OC)c1C(=O)NC(=S)Nn1c(C)nnc1SC. The summed E-state index contributed by atoms with van der Waals surface area (Å²) in [6.07, 6.45) is 1.86. The molecule has 24 heavy (non-hydrogen) atoms. The van der Waals surface area contributed by atoms with Crippen molar-refractivity contribution >= 4 is 35.0 Å². The molecule has 0 aliphatic heterocycles. The number of ether oxygens (including phenoxy) is 2. The van der Waals surface area contributed by atoms with Crippen LogP contribution in [0.1, 0.15) is 16.2 Å². The van der Waals surface area contributed by atoms with Crippen LogP contribution in [0.4, 0.5) is 0 Å². The van der Waals surface area contributed by atoms with Crippen LogP contribution in [0.5, 0.6) is 11.5 Å². The highest BCUT2D eigenvalue weighted by atomic mass is 32.2. The lowest BCUT2D eigenvalue weighted by Gasteiger charge is -2.15. The van der Waals surface area contributed by atoms with Crippen LogP contribution in [-0.2, 0) is 0 Å². The predicted molar refractivity (Wildman–Crippen MR) is 95.5 cm³/mol. The molecular formula is C14H17N5O3S2. The Kier molecular flexibility index (Phi) is 5.99. The van der Waals surface area contributed by atoms with Crippen LogP contribution in [0.15, 0.2) is 23.4 Å². The van der Waals surface area contributed by atoms with Crippen molar-refractivity contribution in [3.63, 3.8) is 0 Å². The highest BCUT2D eigenvalue weighted by molar-refractivity contribution is 7.98. The fraction of sp³-hybridized carbons (Fsp3) is 0.286. The van der Waals surface area contributed by atoms with Gasteiger partial charge in [0.25, 0.3) is 5.91 Å². The lowest BCUT2D eigenvalue weighted by Crippen LogP contribution is -2.38.